The predicted molar refractivity (Wildman–Crippen MR) is 110 cm³/mol. The molecule has 0 unspecified atom stereocenters. The Morgan fingerprint density at radius 1 is 1.14 bits per heavy atom. The van der Waals surface area contributed by atoms with Crippen LogP contribution in [0.4, 0.5) is 0 Å². The van der Waals surface area contributed by atoms with Crippen molar-refractivity contribution in [1.82, 2.24) is 24.8 Å². The highest BCUT2D eigenvalue weighted by Crippen LogP contribution is 2.34. The maximum atomic E-state index is 12.9. The van der Waals surface area contributed by atoms with E-state index in [-0.39, 0.29) is 11.3 Å². The van der Waals surface area contributed by atoms with E-state index in [0.29, 0.717) is 17.9 Å². The van der Waals surface area contributed by atoms with Crippen LogP contribution in [0.2, 0.25) is 0 Å². The number of aromatic nitrogens is 3. The lowest BCUT2D eigenvalue weighted by atomic mass is 9.72. The molecule has 1 aliphatic heterocycles. The van der Waals surface area contributed by atoms with Gasteiger partial charge in [0.15, 0.2) is 5.65 Å². The van der Waals surface area contributed by atoms with Crippen molar-refractivity contribution < 1.29 is 4.79 Å². The minimum absolute atomic E-state index is 0.0320. The fourth-order valence-corrected chi connectivity index (χ4v) is 4.10. The zero-order valence-corrected chi connectivity index (χ0v) is 16.8. The van der Waals surface area contributed by atoms with Crippen molar-refractivity contribution in [3.63, 3.8) is 0 Å². The van der Waals surface area contributed by atoms with Gasteiger partial charge in [-0.2, -0.15) is 5.10 Å². The van der Waals surface area contributed by atoms with Gasteiger partial charge >= 0.3 is 0 Å². The molecule has 6 heteroatoms. The molecule has 0 radical (unpaired) electrons. The molecule has 6 nitrogen and oxygen atoms in total. The van der Waals surface area contributed by atoms with Gasteiger partial charge in [0.2, 0.25) is 0 Å². The zero-order chi connectivity index (χ0) is 19.7. The summed E-state index contributed by atoms with van der Waals surface area (Å²) in [6.45, 7) is 6.55. The molecule has 1 saturated heterocycles. The molecule has 0 atom stereocenters. The predicted octanol–water partition coefficient (Wildman–Crippen LogP) is 2.74. The Morgan fingerprint density at radius 3 is 2.57 bits per heavy atom. The Balaban J connectivity index is 1.56. The molecule has 0 saturated carbocycles. The Kier molecular flexibility index (Phi) is 4.89. The number of rotatable bonds is 4. The Hall–Kier alpha value is -2.73. The number of nitrogens with one attached hydrogen (secondary N) is 1. The van der Waals surface area contributed by atoms with Crippen LogP contribution in [0.25, 0.3) is 5.65 Å². The summed E-state index contributed by atoms with van der Waals surface area (Å²) in [7, 11) is 2.16. The topological polar surface area (TPSA) is 62.5 Å². The van der Waals surface area contributed by atoms with E-state index in [1.807, 2.05) is 26.0 Å². The molecule has 0 spiro atoms. The van der Waals surface area contributed by atoms with E-state index >= 15 is 0 Å². The monoisotopic (exact) mass is 377 g/mol. The molecule has 3 aromatic rings. The number of aryl methyl sites for hydroxylation is 2. The summed E-state index contributed by atoms with van der Waals surface area (Å²) in [6.07, 6.45) is 2.06. The van der Waals surface area contributed by atoms with Crippen LogP contribution in [0.5, 0.6) is 0 Å². The van der Waals surface area contributed by atoms with Gasteiger partial charge < -0.3 is 10.2 Å². The fourth-order valence-electron chi connectivity index (χ4n) is 4.10. The molecule has 1 aromatic carbocycles. The maximum Gasteiger partial charge on any atom is 0.270 e. The highest BCUT2D eigenvalue weighted by atomic mass is 16.1. The zero-order valence-electron chi connectivity index (χ0n) is 16.8. The third-order valence-corrected chi connectivity index (χ3v) is 5.88. The quantitative estimate of drug-likeness (QED) is 0.759. The van der Waals surface area contributed by atoms with Crippen LogP contribution >= 0.6 is 0 Å². The lowest BCUT2D eigenvalue weighted by Crippen LogP contribution is -2.48. The summed E-state index contributed by atoms with van der Waals surface area (Å²) < 4.78 is 1.77. The van der Waals surface area contributed by atoms with Gasteiger partial charge in [0, 0.05) is 23.7 Å². The van der Waals surface area contributed by atoms with E-state index in [4.69, 9.17) is 0 Å². The molecule has 1 fully saturated rings. The molecule has 1 amide bonds. The van der Waals surface area contributed by atoms with Crippen molar-refractivity contribution in [2.75, 3.05) is 26.7 Å². The highest BCUT2D eigenvalue weighted by molar-refractivity contribution is 5.92. The summed E-state index contributed by atoms with van der Waals surface area (Å²) in [5.74, 6) is -0.126. The number of benzene rings is 1. The summed E-state index contributed by atoms with van der Waals surface area (Å²) in [4.78, 5) is 19.8. The first-order chi connectivity index (χ1) is 13.5. The van der Waals surface area contributed by atoms with Crippen molar-refractivity contribution in [2.45, 2.75) is 32.1 Å². The second kappa shape index (κ2) is 7.36. The lowest BCUT2D eigenvalue weighted by Gasteiger charge is -2.41. The van der Waals surface area contributed by atoms with Crippen molar-refractivity contribution in [2.24, 2.45) is 0 Å². The minimum Gasteiger partial charge on any atom is -0.350 e. The van der Waals surface area contributed by atoms with Crippen molar-refractivity contribution >= 4 is 11.6 Å². The second-order valence-corrected chi connectivity index (χ2v) is 7.97. The lowest BCUT2D eigenvalue weighted by molar-refractivity contribution is 0.0923. The van der Waals surface area contributed by atoms with Crippen LogP contribution in [-0.4, -0.2) is 52.1 Å². The van der Waals surface area contributed by atoms with Gasteiger partial charge in [-0.1, -0.05) is 30.3 Å². The summed E-state index contributed by atoms with van der Waals surface area (Å²) in [5.41, 5.74) is 4.22. The highest BCUT2D eigenvalue weighted by Gasteiger charge is 2.35. The number of carbonyl (C=O) groups excluding carboxylic acids is 1. The molecule has 4 rings (SSSR count). The first-order valence-corrected chi connectivity index (χ1v) is 9.83. The number of carbonyl (C=O) groups is 1. The number of piperidine rings is 1. The summed E-state index contributed by atoms with van der Waals surface area (Å²) in [5, 5.41) is 7.58. The van der Waals surface area contributed by atoms with E-state index in [9.17, 15) is 4.79 Å². The van der Waals surface area contributed by atoms with Gasteiger partial charge in [-0.05, 0) is 58.5 Å². The standard InChI is InChI=1S/C22H27N5O/c1-16-13-20-24-19(14-17(2)27(20)25-16)21(28)23-15-22(9-11-26(3)12-10-22)18-7-5-4-6-8-18/h4-8,13-14H,9-12,15H2,1-3H3,(H,23,28). The Bertz CT molecular complexity index is 987. The summed E-state index contributed by atoms with van der Waals surface area (Å²) >= 11 is 0. The van der Waals surface area contributed by atoms with E-state index in [1.165, 1.54) is 5.56 Å². The molecule has 0 aliphatic carbocycles. The van der Waals surface area contributed by atoms with Crippen molar-refractivity contribution in [3.8, 4) is 0 Å². The largest absolute Gasteiger partial charge is 0.350 e. The van der Waals surface area contributed by atoms with E-state index < -0.39 is 0 Å². The van der Waals surface area contributed by atoms with Crippen LogP contribution < -0.4 is 5.32 Å². The first-order valence-electron chi connectivity index (χ1n) is 9.83. The van der Waals surface area contributed by atoms with Crippen LogP contribution in [0.1, 0.15) is 40.3 Å². The van der Waals surface area contributed by atoms with Gasteiger partial charge in [0.05, 0.1) is 5.69 Å². The maximum absolute atomic E-state index is 12.9. The van der Waals surface area contributed by atoms with E-state index in [1.54, 1.807) is 10.6 Å². The van der Waals surface area contributed by atoms with Gasteiger partial charge in [0.25, 0.3) is 5.91 Å². The smallest absolute Gasteiger partial charge is 0.270 e. The van der Waals surface area contributed by atoms with Crippen LogP contribution in [-0.2, 0) is 5.41 Å². The SMILES string of the molecule is Cc1cc2nc(C(=O)NCC3(c4ccccc4)CCN(C)CC3)cc(C)n2n1. The molecule has 3 heterocycles. The number of fused-ring (bicyclic) bond motifs is 1. The van der Waals surface area contributed by atoms with Crippen LogP contribution in [0.3, 0.4) is 0 Å². The van der Waals surface area contributed by atoms with Crippen LogP contribution in [0, 0.1) is 13.8 Å². The average Bonchev–Trinajstić information content (AvgIpc) is 3.09. The van der Waals surface area contributed by atoms with Crippen molar-refractivity contribution in [1.29, 1.82) is 0 Å². The molecule has 1 N–H and O–H groups in total. The number of likely N-dealkylation sites (tertiary alicyclic amines) is 1. The second-order valence-electron chi connectivity index (χ2n) is 7.97. The molecule has 1 aliphatic rings. The van der Waals surface area contributed by atoms with E-state index in [2.05, 4.69) is 51.6 Å². The van der Waals surface area contributed by atoms with Gasteiger partial charge in [-0.25, -0.2) is 9.50 Å². The molecule has 2 aromatic heterocycles. The number of nitrogens with zero attached hydrogens (tertiary/aromatic N) is 4. The molecular weight excluding hydrogens is 350 g/mol. The van der Waals surface area contributed by atoms with Gasteiger partial charge in [0.1, 0.15) is 5.69 Å². The molecule has 28 heavy (non-hydrogen) atoms. The molecule has 0 bridgehead atoms. The number of hydrogen-bond acceptors (Lipinski definition) is 4. The normalized spacial score (nSPS) is 17.0. The number of amides is 1. The van der Waals surface area contributed by atoms with Gasteiger partial charge in [-0.15, -0.1) is 0 Å². The first kappa shape index (κ1) is 18.6. The fraction of sp³-hybridized carbons (Fsp3) is 0.409. The third kappa shape index (κ3) is 3.52. The number of hydrogen-bond donors (Lipinski definition) is 1. The van der Waals surface area contributed by atoms with E-state index in [0.717, 1.165) is 37.3 Å². The van der Waals surface area contributed by atoms with Gasteiger partial charge in [-0.3, -0.25) is 4.79 Å². The third-order valence-electron chi connectivity index (χ3n) is 5.88. The minimum atomic E-state index is -0.126. The van der Waals surface area contributed by atoms with Crippen molar-refractivity contribution in [3.05, 3.63) is 65.1 Å². The molecular formula is C22H27N5O. The molecule has 146 valence electrons. The Morgan fingerprint density at radius 2 is 1.86 bits per heavy atom. The Labute approximate surface area is 165 Å². The summed E-state index contributed by atoms with van der Waals surface area (Å²) in [6, 6.07) is 14.3. The van der Waals surface area contributed by atoms with Crippen LogP contribution in [0.15, 0.2) is 42.5 Å². The average molecular weight is 377 g/mol.